The molecule has 0 fully saturated rings. The number of hydrogen-bond acceptors (Lipinski definition) is 9. The number of benzene rings is 1. The third kappa shape index (κ3) is 10.5. The third-order valence-corrected chi connectivity index (χ3v) is 6.06. The average molecular weight is 596 g/mol. The van der Waals surface area contributed by atoms with Gasteiger partial charge in [0.15, 0.2) is 0 Å². The van der Waals surface area contributed by atoms with Crippen molar-refractivity contribution in [3.8, 4) is 0 Å². The molecule has 3 radical (unpaired) electrons. The molecule has 0 spiro atoms. The summed E-state index contributed by atoms with van der Waals surface area (Å²) < 4.78 is 0. The second-order valence-corrected chi connectivity index (χ2v) is 9.06. The summed E-state index contributed by atoms with van der Waals surface area (Å²) in [6.07, 6.45) is 0.448. The van der Waals surface area contributed by atoms with E-state index in [0.717, 1.165) is 5.56 Å². The Morgan fingerprint density at radius 1 is 0.895 bits per heavy atom. The van der Waals surface area contributed by atoms with E-state index in [4.69, 9.17) is 0 Å². The molecule has 1 aliphatic heterocycles. The van der Waals surface area contributed by atoms with Gasteiger partial charge in [0.1, 0.15) is 0 Å². The third-order valence-electron chi connectivity index (χ3n) is 5.97. The monoisotopic (exact) mass is 595 g/mol. The van der Waals surface area contributed by atoms with Crippen LogP contribution in [0.1, 0.15) is 17.0 Å². The molecule has 1 aliphatic rings. The summed E-state index contributed by atoms with van der Waals surface area (Å²) in [4.78, 5) is 48.8. The molecular formula is C25H29GaN5O6S. The minimum absolute atomic E-state index is 0. The van der Waals surface area contributed by atoms with E-state index in [9.17, 15) is 29.7 Å². The largest absolute Gasteiger partial charge is 0.480 e. The van der Waals surface area contributed by atoms with E-state index in [1.54, 1.807) is 39.0 Å². The van der Waals surface area contributed by atoms with Crippen LogP contribution in [0.5, 0.6) is 0 Å². The van der Waals surface area contributed by atoms with Crippen LogP contribution in [-0.4, -0.2) is 123 Å². The topological polar surface area (TPSA) is 147 Å². The Kier molecular flexibility index (Phi) is 12.8. The number of aromatic nitrogens is 1. The van der Waals surface area contributed by atoms with Gasteiger partial charge in [-0.25, -0.2) is 0 Å². The van der Waals surface area contributed by atoms with Gasteiger partial charge in [-0.1, -0.05) is 18.2 Å². The van der Waals surface area contributed by atoms with E-state index in [0.29, 0.717) is 36.6 Å². The number of aliphatic imine (C=N–C) groups is 1. The number of nitrogens with zero attached hydrogens (tertiary/aromatic N) is 5. The van der Waals surface area contributed by atoms with Crippen LogP contribution in [0.4, 0.5) is 5.69 Å². The van der Waals surface area contributed by atoms with Crippen LogP contribution in [0.2, 0.25) is 0 Å². The zero-order valence-electron chi connectivity index (χ0n) is 20.8. The number of isothiocyanates is 1. The maximum atomic E-state index is 11.8. The van der Waals surface area contributed by atoms with Crippen LogP contribution in [0.15, 0.2) is 47.5 Å². The predicted octanol–water partition coefficient (Wildman–Crippen LogP) is 1.22. The van der Waals surface area contributed by atoms with E-state index in [-0.39, 0.29) is 65.1 Å². The number of carboxylic acid groups (broad SMARTS) is 3. The number of pyridine rings is 1. The van der Waals surface area contributed by atoms with Crippen LogP contribution in [0.25, 0.3) is 0 Å². The van der Waals surface area contributed by atoms with Gasteiger partial charge in [-0.05, 0) is 48.5 Å². The Morgan fingerprint density at radius 2 is 1.47 bits per heavy atom. The number of rotatable bonds is 9. The van der Waals surface area contributed by atoms with Crippen molar-refractivity contribution in [1.29, 1.82) is 0 Å². The molecule has 11 nitrogen and oxygen atoms in total. The molecule has 2 aromatic rings. The fourth-order valence-electron chi connectivity index (χ4n) is 4.38. The molecular weight excluding hydrogens is 566 g/mol. The van der Waals surface area contributed by atoms with Crippen LogP contribution in [-0.2, 0) is 33.9 Å². The molecule has 0 saturated carbocycles. The summed E-state index contributed by atoms with van der Waals surface area (Å²) in [7, 11) is 0. The Morgan fingerprint density at radius 3 is 2.08 bits per heavy atom. The second kappa shape index (κ2) is 15.5. The van der Waals surface area contributed by atoms with Crippen molar-refractivity contribution < 1.29 is 29.7 Å². The molecule has 13 heteroatoms. The summed E-state index contributed by atoms with van der Waals surface area (Å²) in [6, 6.07) is 12.4. The molecule has 0 aliphatic carbocycles. The van der Waals surface area contributed by atoms with Gasteiger partial charge in [0.05, 0.1) is 41.9 Å². The first-order chi connectivity index (χ1) is 17.7. The number of fused-ring (bicyclic) bond motifs is 2. The predicted molar refractivity (Wildman–Crippen MR) is 144 cm³/mol. The molecule has 3 N–H and O–H groups in total. The summed E-state index contributed by atoms with van der Waals surface area (Å²) in [5.74, 6) is -3.01. The standard InChI is InChI=1S/C25H29N5O6S.Ga/c31-23(32)14-28-8-9-29(15-24(33)34)13-22(10-18-4-6-19(7-5-18)26-17-37)30(16-25(35)36)12-21-3-1-2-20(11-28)27-21;/h1-7,22H,8-16H2,(H,31,32)(H,33,34)(H,35,36);/t22-;/m0./s1/i;1-2. The van der Waals surface area contributed by atoms with Crippen LogP contribution < -0.4 is 0 Å². The normalized spacial score (nSPS) is 17.2. The zero-order chi connectivity index (χ0) is 26.8. The van der Waals surface area contributed by atoms with E-state index in [1.165, 1.54) is 0 Å². The first-order valence-electron chi connectivity index (χ1n) is 11.7. The summed E-state index contributed by atoms with van der Waals surface area (Å²) in [5, 5.41) is 30.9. The molecule has 1 atom stereocenters. The number of aliphatic carboxylic acids is 3. The molecule has 38 heavy (non-hydrogen) atoms. The van der Waals surface area contributed by atoms with E-state index in [1.807, 2.05) is 18.2 Å². The average Bonchev–Trinajstić information content (AvgIpc) is 2.81. The molecule has 199 valence electrons. The zero-order valence-corrected chi connectivity index (χ0v) is 24.0. The van der Waals surface area contributed by atoms with Crippen molar-refractivity contribution in [2.75, 3.05) is 39.3 Å². The van der Waals surface area contributed by atoms with Crippen molar-refractivity contribution in [3.05, 3.63) is 59.4 Å². The summed E-state index contributed by atoms with van der Waals surface area (Å²) in [5.41, 5.74) is 2.87. The van der Waals surface area contributed by atoms with Crippen LogP contribution in [0.3, 0.4) is 0 Å². The van der Waals surface area contributed by atoms with Gasteiger partial charge < -0.3 is 15.3 Å². The van der Waals surface area contributed by atoms with E-state index < -0.39 is 17.9 Å². The molecule has 1 aromatic carbocycles. The van der Waals surface area contributed by atoms with Gasteiger partial charge in [-0.2, -0.15) is 4.99 Å². The maximum absolute atomic E-state index is 11.8. The van der Waals surface area contributed by atoms with Gasteiger partial charge in [-0.15, -0.1) is 0 Å². The van der Waals surface area contributed by atoms with Crippen LogP contribution in [0, 0.1) is 0 Å². The first-order valence-corrected chi connectivity index (χ1v) is 12.1. The minimum Gasteiger partial charge on any atom is -0.480 e. The van der Waals surface area contributed by atoms with Gasteiger partial charge in [0, 0.05) is 58.6 Å². The van der Waals surface area contributed by atoms with Crippen molar-refractivity contribution in [2.24, 2.45) is 4.99 Å². The summed E-state index contributed by atoms with van der Waals surface area (Å²) in [6.45, 7) is 0.649. The van der Waals surface area contributed by atoms with Gasteiger partial charge in [0.25, 0.3) is 0 Å². The Hall–Kier alpha value is -2.90. The van der Waals surface area contributed by atoms with Crippen molar-refractivity contribution >= 4 is 60.8 Å². The van der Waals surface area contributed by atoms with E-state index in [2.05, 4.69) is 27.4 Å². The van der Waals surface area contributed by atoms with Gasteiger partial charge in [0.2, 0.25) is 0 Å². The first kappa shape index (κ1) is 31.3. The molecule has 2 heterocycles. The minimum atomic E-state index is -1.02. The molecule has 0 saturated heterocycles. The van der Waals surface area contributed by atoms with Gasteiger partial charge >= 0.3 is 17.9 Å². The number of carboxylic acids is 3. The summed E-state index contributed by atoms with van der Waals surface area (Å²) >= 11 is 4.65. The molecule has 3 rings (SSSR count). The molecule has 0 unspecified atom stereocenters. The molecule has 1 aromatic heterocycles. The SMILES string of the molecule is O=C(O)CN1CCN(CC(=O)O)C[C@H](Cc2ccc(N=C=S)cc2)N(CC(=O)O)Cc2cccc(n2)C1.[68Ga]. The number of thiocarbonyl (C=S) groups is 1. The van der Waals surface area contributed by atoms with E-state index >= 15 is 0 Å². The molecule has 2 bridgehead atoms. The van der Waals surface area contributed by atoms with Gasteiger partial charge in [-0.3, -0.25) is 34.1 Å². The smallest absolute Gasteiger partial charge is 0.317 e. The maximum Gasteiger partial charge on any atom is 0.317 e. The Bertz CT molecular complexity index is 1160. The van der Waals surface area contributed by atoms with Crippen LogP contribution >= 0.6 is 12.2 Å². The molecule has 0 amide bonds. The Labute approximate surface area is 238 Å². The van der Waals surface area contributed by atoms with Crippen molar-refractivity contribution in [3.63, 3.8) is 0 Å². The second-order valence-electron chi connectivity index (χ2n) is 8.88. The quantitative estimate of drug-likeness (QED) is 0.219. The fraction of sp³-hybridized carbons (Fsp3) is 0.400. The van der Waals surface area contributed by atoms with Crippen molar-refractivity contribution in [1.82, 2.24) is 19.7 Å². The Balaban J connectivity index is 0.00000507. The fourth-order valence-corrected chi connectivity index (χ4v) is 4.49. The number of hydrogen-bond donors (Lipinski definition) is 3. The number of carbonyl (C=O) groups is 3. The van der Waals surface area contributed by atoms with Crippen molar-refractivity contribution in [2.45, 2.75) is 25.6 Å².